The Kier molecular flexibility index (Phi) is 5.65. The molecule has 0 N–H and O–H groups in total. The van der Waals surface area contributed by atoms with Gasteiger partial charge >= 0.3 is 0 Å². The van der Waals surface area contributed by atoms with Gasteiger partial charge in [-0.25, -0.2) is 4.98 Å². The minimum absolute atomic E-state index is 0.212. The van der Waals surface area contributed by atoms with Crippen LogP contribution < -0.4 is 9.47 Å². The molecule has 3 heterocycles. The van der Waals surface area contributed by atoms with Crippen molar-refractivity contribution in [3.05, 3.63) is 40.3 Å². The zero-order valence-corrected chi connectivity index (χ0v) is 19.2. The Hall–Kier alpha value is -2.12. The second-order valence-corrected chi connectivity index (χ2v) is 10.3. The predicted molar refractivity (Wildman–Crippen MR) is 120 cm³/mol. The molecule has 2 fully saturated rings. The van der Waals surface area contributed by atoms with E-state index in [0.29, 0.717) is 25.2 Å². The number of piperidine rings is 1. The Morgan fingerprint density at radius 2 is 2.13 bits per heavy atom. The van der Waals surface area contributed by atoms with E-state index in [0.717, 1.165) is 62.5 Å². The summed E-state index contributed by atoms with van der Waals surface area (Å²) in [6, 6.07) is 6.29. The highest BCUT2D eigenvalue weighted by Gasteiger charge is 2.59. The molecule has 1 aromatic heterocycles. The highest BCUT2D eigenvalue weighted by molar-refractivity contribution is 7.07. The molecule has 1 aromatic carbocycles. The number of benzene rings is 1. The Morgan fingerprint density at radius 3 is 2.90 bits per heavy atom. The summed E-state index contributed by atoms with van der Waals surface area (Å²) in [7, 11) is 1.92. The van der Waals surface area contributed by atoms with Gasteiger partial charge in [-0.05, 0) is 67.8 Å². The molecule has 1 aliphatic carbocycles. The topological polar surface area (TPSA) is 54.9 Å². The smallest absolute Gasteiger partial charge is 0.231 e. The van der Waals surface area contributed by atoms with Crippen LogP contribution in [0.3, 0.4) is 0 Å². The Labute approximate surface area is 188 Å². The Morgan fingerprint density at radius 1 is 1.32 bits per heavy atom. The zero-order valence-electron chi connectivity index (χ0n) is 18.4. The minimum Gasteiger partial charge on any atom is -0.454 e. The van der Waals surface area contributed by atoms with E-state index < -0.39 is 0 Å². The van der Waals surface area contributed by atoms with E-state index in [2.05, 4.69) is 28.9 Å². The molecule has 0 bridgehead atoms. The number of nitrogens with zero attached hydrogens (tertiary/aromatic N) is 3. The van der Waals surface area contributed by atoms with E-state index in [-0.39, 0.29) is 11.3 Å². The van der Waals surface area contributed by atoms with Gasteiger partial charge < -0.3 is 19.3 Å². The molecule has 1 saturated heterocycles. The molecular formula is C24H31N3O3S. The lowest BCUT2D eigenvalue weighted by Gasteiger charge is -2.34. The van der Waals surface area contributed by atoms with Gasteiger partial charge in [0.2, 0.25) is 12.7 Å². The van der Waals surface area contributed by atoms with Crippen molar-refractivity contribution in [2.45, 2.75) is 39.2 Å². The van der Waals surface area contributed by atoms with Crippen LogP contribution in [0.25, 0.3) is 0 Å². The number of amides is 1. The third kappa shape index (κ3) is 4.44. The molecule has 2 aromatic rings. The van der Waals surface area contributed by atoms with Crippen LogP contribution in [0.15, 0.2) is 29.1 Å². The standard InChI is InChI=1S/C24H31N3O3S/c1-17(9-18-3-4-21-22(10-18)30-16-29-21)12-27-7-5-24(6-8-27)11-20(24)23(28)26(2)13-19-14-31-15-25-19/h3-4,10,14-15,17,20H,5-9,11-13,16H2,1-2H3. The maximum atomic E-state index is 12.9. The quantitative estimate of drug-likeness (QED) is 0.654. The van der Waals surface area contributed by atoms with Crippen LogP contribution in [0, 0.1) is 17.3 Å². The van der Waals surface area contributed by atoms with Crippen LogP contribution in [-0.4, -0.2) is 54.2 Å². The number of thiazole rings is 1. The molecule has 0 radical (unpaired) electrons. The van der Waals surface area contributed by atoms with Gasteiger partial charge in [-0.1, -0.05) is 13.0 Å². The summed E-state index contributed by atoms with van der Waals surface area (Å²) >= 11 is 1.58. The SMILES string of the molecule is CC(Cc1ccc2c(c1)OCO2)CN1CCC2(CC1)CC2C(=O)N(C)Cc1cscn1. The number of aromatic nitrogens is 1. The van der Waals surface area contributed by atoms with Crippen LogP contribution >= 0.6 is 11.3 Å². The van der Waals surface area contributed by atoms with Gasteiger partial charge in [0, 0.05) is 24.9 Å². The summed E-state index contributed by atoms with van der Waals surface area (Å²) in [4.78, 5) is 21.7. The number of likely N-dealkylation sites (tertiary alicyclic amines) is 1. The number of carbonyl (C=O) groups excluding carboxylic acids is 1. The molecule has 3 aliphatic rings. The molecule has 1 saturated carbocycles. The van der Waals surface area contributed by atoms with Crippen LogP contribution in [0.4, 0.5) is 0 Å². The maximum Gasteiger partial charge on any atom is 0.231 e. The number of fused-ring (bicyclic) bond motifs is 1. The van der Waals surface area contributed by atoms with E-state index in [1.807, 2.05) is 28.9 Å². The number of carbonyl (C=O) groups is 1. The Balaban J connectivity index is 1.08. The average Bonchev–Trinajstić information content (AvgIpc) is 3.12. The van der Waals surface area contributed by atoms with Gasteiger partial charge in [-0.3, -0.25) is 4.79 Å². The molecule has 2 unspecified atom stereocenters. The number of hydrogen-bond acceptors (Lipinski definition) is 6. The first kappa shape index (κ1) is 20.8. The van der Waals surface area contributed by atoms with Gasteiger partial charge in [0.15, 0.2) is 11.5 Å². The molecule has 1 amide bonds. The highest BCUT2D eigenvalue weighted by atomic mass is 32.1. The molecular weight excluding hydrogens is 410 g/mol. The molecule has 1 spiro atoms. The first-order chi connectivity index (χ1) is 15.0. The second kappa shape index (κ2) is 8.43. The molecule has 2 aliphatic heterocycles. The molecule has 2 atom stereocenters. The largest absolute Gasteiger partial charge is 0.454 e. The van der Waals surface area contributed by atoms with Gasteiger partial charge in [-0.15, -0.1) is 11.3 Å². The first-order valence-corrected chi connectivity index (χ1v) is 12.2. The number of hydrogen-bond donors (Lipinski definition) is 0. The van der Waals surface area contributed by atoms with E-state index in [4.69, 9.17) is 9.47 Å². The summed E-state index contributed by atoms with van der Waals surface area (Å²) in [5.41, 5.74) is 4.38. The van der Waals surface area contributed by atoms with Gasteiger partial charge in [0.05, 0.1) is 17.7 Å². The molecule has 6 nitrogen and oxygen atoms in total. The molecule has 7 heteroatoms. The lowest BCUT2D eigenvalue weighted by atomic mass is 9.89. The predicted octanol–water partition coefficient (Wildman–Crippen LogP) is 3.81. The van der Waals surface area contributed by atoms with E-state index in [1.165, 1.54) is 5.56 Å². The lowest BCUT2D eigenvalue weighted by Crippen LogP contribution is -2.39. The zero-order chi connectivity index (χ0) is 21.4. The second-order valence-electron chi connectivity index (χ2n) is 9.59. The van der Waals surface area contributed by atoms with Crippen LogP contribution in [0.2, 0.25) is 0 Å². The highest BCUT2D eigenvalue weighted by Crippen LogP contribution is 2.60. The van der Waals surface area contributed by atoms with Gasteiger partial charge in [-0.2, -0.15) is 0 Å². The molecule has 166 valence electrons. The monoisotopic (exact) mass is 441 g/mol. The van der Waals surface area contributed by atoms with Crippen molar-refractivity contribution in [2.24, 2.45) is 17.3 Å². The van der Waals surface area contributed by atoms with Gasteiger partial charge in [0.25, 0.3) is 0 Å². The fourth-order valence-corrected chi connectivity index (χ4v) is 5.86. The summed E-state index contributed by atoms with van der Waals surface area (Å²) in [6.45, 7) is 6.58. The summed E-state index contributed by atoms with van der Waals surface area (Å²) in [5.74, 6) is 2.81. The summed E-state index contributed by atoms with van der Waals surface area (Å²) < 4.78 is 10.9. The number of ether oxygens (including phenoxy) is 2. The van der Waals surface area contributed by atoms with Crippen molar-refractivity contribution >= 4 is 17.2 Å². The van der Waals surface area contributed by atoms with Crippen LogP contribution in [0.1, 0.15) is 37.4 Å². The normalized spacial score (nSPS) is 22.5. The first-order valence-electron chi connectivity index (χ1n) is 11.3. The van der Waals surface area contributed by atoms with E-state index in [9.17, 15) is 4.79 Å². The van der Waals surface area contributed by atoms with Crippen molar-refractivity contribution in [1.82, 2.24) is 14.8 Å². The third-order valence-electron chi connectivity index (χ3n) is 7.19. The lowest BCUT2D eigenvalue weighted by molar-refractivity contribution is -0.133. The molecule has 31 heavy (non-hydrogen) atoms. The fraction of sp³-hybridized carbons (Fsp3) is 0.583. The van der Waals surface area contributed by atoms with Crippen molar-refractivity contribution in [1.29, 1.82) is 0 Å². The van der Waals surface area contributed by atoms with Crippen molar-refractivity contribution in [3.63, 3.8) is 0 Å². The number of rotatable bonds is 7. The Bertz CT molecular complexity index is 924. The average molecular weight is 442 g/mol. The van der Waals surface area contributed by atoms with Crippen molar-refractivity contribution in [3.8, 4) is 11.5 Å². The summed E-state index contributed by atoms with van der Waals surface area (Å²) in [6.07, 6.45) is 4.39. The van der Waals surface area contributed by atoms with Crippen LogP contribution in [-0.2, 0) is 17.8 Å². The molecule has 5 rings (SSSR count). The van der Waals surface area contributed by atoms with Crippen LogP contribution in [0.5, 0.6) is 11.5 Å². The summed E-state index contributed by atoms with van der Waals surface area (Å²) in [5, 5.41) is 2.02. The van der Waals surface area contributed by atoms with Crippen molar-refractivity contribution < 1.29 is 14.3 Å². The van der Waals surface area contributed by atoms with E-state index in [1.54, 1.807) is 11.3 Å². The fourth-order valence-electron chi connectivity index (χ4n) is 5.31. The van der Waals surface area contributed by atoms with Gasteiger partial charge in [0.1, 0.15) is 0 Å². The third-order valence-corrected chi connectivity index (χ3v) is 7.82. The minimum atomic E-state index is 0.212. The van der Waals surface area contributed by atoms with Crippen molar-refractivity contribution in [2.75, 3.05) is 33.5 Å². The van der Waals surface area contributed by atoms with E-state index >= 15 is 0 Å². The maximum absolute atomic E-state index is 12.9.